The van der Waals surface area contributed by atoms with Crippen LogP contribution < -0.4 is 5.01 Å². The van der Waals surface area contributed by atoms with E-state index in [0.29, 0.717) is 27.2 Å². The third kappa shape index (κ3) is 4.00. The SMILES string of the molecule is O=C(C1=NN(c2ccc(Cl)cc2Cl)C(c2ccc(Cl)cc2)C1)N1CCCCC1. The summed E-state index contributed by atoms with van der Waals surface area (Å²) in [5.41, 5.74) is 2.32. The van der Waals surface area contributed by atoms with E-state index in [2.05, 4.69) is 0 Å². The fraction of sp³-hybridized carbons (Fsp3) is 0.333. The largest absolute Gasteiger partial charge is 0.338 e. The predicted molar refractivity (Wildman–Crippen MR) is 116 cm³/mol. The third-order valence-corrected chi connectivity index (χ3v) is 6.00. The van der Waals surface area contributed by atoms with Crippen molar-refractivity contribution in [2.75, 3.05) is 18.1 Å². The van der Waals surface area contributed by atoms with Crippen LogP contribution in [-0.2, 0) is 4.79 Å². The van der Waals surface area contributed by atoms with Crippen LogP contribution in [0.4, 0.5) is 5.69 Å². The zero-order valence-corrected chi connectivity index (χ0v) is 17.5. The highest BCUT2D eigenvalue weighted by atomic mass is 35.5. The summed E-state index contributed by atoms with van der Waals surface area (Å²) in [7, 11) is 0. The molecular formula is C21H20Cl3N3O. The normalized spacial score (nSPS) is 19.7. The number of anilines is 1. The first-order valence-corrected chi connectivity index (χ1v) is 10.5. The minimum absolute atomic E-state index is 0.0197. The van der Waals surface area contributed by atoms with Gasteiger partial charge in [0.2, 0.25) is 0 Å². The van der Waals surface area contributed by atoms with Crippen molar-refractivity contribution in [2.24, 2.45) is 5.10 Å². The highest BCUT2D eigenvalue weighted by Crippen LogP contribution is 2.40. The number of benzene rings is 2. The van der Waals surface area contributed by atoms with E-state index in [9.17, 15) is 4.79 Å². The number of hydrazone groups is 1. The number of hydrogen-bond acceptors (Lipinski definition) is 3. The molecule has 1 fully saturated rings. The first kappa shape index (κ1) is 19.6. The lowest BCUT2D eigenvalue weighted by atomic mass is 10.0. The van der Waals surface area contributed by atoms with Gasteiger partial charge in [-0.1, -0.05) is 46.9 Å². The van der Waals surface area contributed by atoms with Crippen LogP contribution in [0.25, 0.3) is 0 Å². The van der Waals surface area contributed by atoms with Crippen molar-refractivity contribution >= 4 is 52.1 Å². The molecule has 2 aromatic rings. The van der Waals surface area contributed by atoms with E-state index in [4.69, 9.17) is 39.9 Å². The zero-order chi connectivity index (χ0) is 19.7. The van der Waals surface area contributed by atoms with Crippen LogP contribution in [0.5, 0.6) is 0 Å². The van der Waals surface area contributed by atoms with Crippen molar-refractivity contribution in [3.8, 4) is 0 Å². The van der Waals surface area contributed by atoms with Gasteiger partial charge in [-0.3, -0.25) is 9.80 Å². The molecule has 0 aromatic heterocycles. The van der Waals surface area contributed by atoms with Gasteiger partial charge in [0, 0.05) is 29.6 Å². The van der Waals surface area contributed by atoms with Crippen LogP contribution in [0.3, 0.4) is 0 Å². The average Bonchev–Trinajstić information content (AvgIpc) is 3.13. The summed E-state index contributed by atoms with van der Waals surface area (Å²) in [6.45, 7) is 1.59. The summed E-state index contributed by atoms with van der Waals surface area (Å²) in [4.78, 5) is 15.0. The van der Waals surface area contributed by atoms with Crippen molar-refractivity contribution < 1.29 is 4.79 Å². The molecule has 0 spiro atoms. The van der Waals surface area contributed by atoms with Gasteiger partial charge in [-0.15, -0.1) is 0 Å². The molecule has 2 aromatic carbocycles. The van der Waals surface area contributed by atoms with Gasteiger partial charge in [0.15, 0.2) is 0 Å². The van der Waals surface area contributed by atoms with Crippen LogP contribution in [0, 0.1) is 0 Å². The van der Waals surface area contributed by atoms with Crippen molar-refractivity contribution in [1.29, 1.82) is 0 Å². The Kier molecular flexibility index (Phi) is 5.81. The number of halogens is 3. The van der Waals surface area contributed by atoms with E-state index in [1.807, 2.05) is 40.2 Å². The Morgan fingerprint density at radius 1 is 0.929 bits per heavy atom. The van der Waals surface area contributed by atoms with Crippen molar-refractivity contribution in [3.05, 3.63) is 63.1 Å². The lowest BCUT2D eigenvalue weighted by molar-refractivity contribution is -0.125. The molecule has 2 aliphatic rings. The van der Waals surface area contributed by atoms with Crippen molar-refractivity contribution in [3.63, 3.8) is 0 Å². The second-order valence-corrected chi connectivity index (χ2v) is 8.39. The highest BCUT2D eigenvalue weighted by Gasteiger charge is 2.35. The number of nitrogens with zero attached hydrogens (tertiary/aromatic N) is 3. The topological polar surface area (TPSA) is 35.9 Å². The number of hydrogen-bond donors (Lipinski definition) is 0. The summed E-state index contributed by atoms with van der Waals surface area (Å²) in [5.74, 6) is 0.0197. The lowest BCUT2D eigenvalue weighted by Gasteiger charge is -2.26. The molecule has 2 heterocycles. The van der Waals surface area contributed by atoms with Crippen LogP contribution in [0.2, 0.25) is 15.1 Å². The quantitative estimate of drug-likeness (QED) is 0.594. The molecule has 146 valence electrons. The van der Waals surface area contributed by atoms with Crippen LogP contribution >= 0.6 is 34.8 Å². The van der Waals surface area contributed by atoms with Gasteiger partial charge in [0.25, 0.3) is 5.91 Å². The molecule has 0 bridgehead atoms. The Morgan fingerprint density at radius 2 is 1.61 bits per heavy atom. The minimum Gasteiger partial charge on any atom is -0.338 e. The van der Waals surface area contributed by atoms with Gasteiger partial charge >= 0.3 is 0 Å². The molecule has 1 amide bonds. The predicted octanol–water partition coefficient (Wildman–Crippen LogP) is 5.97. The Morgan fingerprint density at radius 3 is 2.29 bits per heavy atom. The summed E-state index contributed by atoms with van der Waals surface area (Å²) < 4.78 is 0. The molecule has 28 heavy (non-hydrogen) atoms. The molecule has 7 heteroatoms. The molecule has 4 nitrogen and oxygen atoms in total. The molecule has 0 radical (unpaired) electrons. The number of amides is 1. The van der Waals surface area contributed by atoms with Gasteiger partial charge in [-0.25, -0.2) is 0 Å². The molecule has 1 unspecified atom stereocenters. The summed E-state index contributed by atoms with van der Waals surface area (Å²) in [6.07, 6.45) is 3.80. The third-order valence-electron chi connectivity index (χ3n) is 5.21. The number of carbonyl (C=O) groups excluding carboxylic acids is 1. The molecule has 0 saturated carbocycles. The zero-order valence-electron chi connectivity index (χ0n) is 15.2. The Balaban J connectivity index is 1.69. The van der Waals surface area contributed by atoms with Crippen LogP contribution in [0.15, 0.2) is 47.6 Å². The minimum atomic E-state index is -0.125. The maximum absolute atomic E-state index is 13.0. The second kappa shape index (κ2) is 8.32. The van der Waals surface area contributed by atoms with Crippen LogP contribution in [-0.4, -0.2) is 29.6 Å². The Bertz CT molecular complexity index is 908. The van der Waals surface area contributed by atoms with E-state index < -0.39 is 0 Å². The van der Waals surface area contributed by atoms with Crippen molar-refractivity contribution in [1.82, 2.24) is 4.90 Å². The van der Waals surface area contributed by atoms with E-state index in [0.717, 1.165) is 37.2 Å². The summed E-state index contributed by atoms with van der Waals surface area (Å²) in [6, 6.07) is 12.8. The molecule has 4 rings (SSSR count). The fourth-order valence-corrected chi connectivity index (χ4v) is 4.37. The second-order valence-electron chi connectivity index (χ2n) is 7.11. The van der Waals surface area contributed by atoms with Gasteiger partial charge in [-0.05, 0) is 55.2 Å². The molecular weight excluding hydrogens is 417 g/mol. The molecule has 1 atom stereocenters. The number of carbonyl (C=O) groups is 1. The maximum atomic E-state index is 13.0. The standard InChI is InChI=1S/C21H20Cl3N3O/c22-15-6-4-14(5-7-15)20-13-18(21(28)26-10-2-1-3-11-26)25-27(20)19-9-8-16(23)12-17(19)24/h4-9,12,20H,1-3,10-11,13H2. The maximum Gasteiger partial charge on any atom is 0.270 e. The number of piperidine rings is 1. The smallest absolute Gasteiger partial charge is 0.270 e. The molecule has 0 N–H and O–H groups in total. The first-order chi connectivity index (χ1) is 13.5. The van der Waals surface area contributed by atoms with Gasteiger partial charge in [-0.2, -0.15) is 5.10 Å². The van der Waals surface area contributed by atoms with Crippen LogP contribution in [0.1, 0.15) is 37.3 Å². The van der Waals surface area contributed by atoms with Gasteiger partial charge < -0.3 is 4.90 Å². The van der Waals surface area contributed by atoms with E-state index in [1.165, 1.54) is 6.42 Å². The number of likely N-dealkylation sites (tertiary alicyclic amines) is 1. The molecule has 2 aliphatic heterocycles. The fourth-order valence-electron chi connectivity index (χ4n) is 3.75. The molecule has 1 saturated heterocycles. The summed E-state index contributed by atoms with van der Waals surface area (Å²) in [5, 5.41) is 8.27. The summed E-state index contributed by atoms with van der Waals surface area (Å²) >= 11 is 18.6. The van der Waals surface area contributed by atoms with Gasteiger partial charge in [0.1, 0.15) is 5.71 Å². The van der Waals surface area contributed by atoms with Crippen molar-refractivity contribution in [2.45, 2.75) is 31.7 Å². The Labute approximate surface area is 179 Å². The Hall–Kier alpha value is -1.75. The van der Waals surface area contributed by atoms with Gasteiger partial charge in [0.05, 0.1) is 16.8 Å². The van der Waals surface area contributed by atoms with E-state index in [1.54, 1.807) is 12.1 Å². The lowest BCUT2D eigenvalue weighted by Crippen LogP contribution is -2.39. The van der Waals surface area contributed by atoms with E-state index >= 15 is 0 Å². The first-order valence-electron chi connectivity index (χ1n) is 9.39. The number of rotatable bonds is 3. The van der Waals surface area contributed by atoms with E-state index in [-0.39, 0.29) is 11.9 Å². The highest BCUT2D eigenvalue weighted by molar-refractivity contribution is 6.40. The average molecular weight is 437 g/mol. The monoisotopic (exact) mass is 435 g/mol. The molecule has 0 aliphatic carbocycles.